The normalized spacial score (nSPS) is 26.9. The van der Waals surface area contributed by atoms with Crippen LogP contribution in [0.3, 0.4) is 0 Å². The van der Waals surface area contributed by atoms with E-state index in [1.54, 1.807) is 7.11 Å². The fourth-order valence-corrected chi connectivity index (χ4v) is 3.89. The van der Waals surface area contributed by atoms with Crippen molar-refractivity contribution < 1.29 is 24.0 Å². The van der Waals surface area contributed by atoms with E-state index >= 15 is 0 Å². The summed E-state index contributed by atoms with van der Waals surface area (Å²) in [6.07, 6.45) is -0.860. The molecule has 2 fully saturated rings. The van der Waals surface area contributed by atoms with Gasteiger partial charge in [-0.2, -0.15) is 5.06 Å². The van der Waals surface area contributed by atoms with E-state index in [2.05, 4.69) is 5.32 Å². The van der Waals surface area contributed by atoms with Gasteiger partial charge in [-0.05, 0) is 11.4 Å². The Morgan fingerprint density at radius 1 is 1.42 bits per heavy atom. The molecule has 130 valence electrons. The third-order valence-corrected chi connectivity index (χ3v) is 5.12. The van der Waals surface area contributed by atoms with Crippen LogP contribution in [-0.2, 0) is 24.0 Å². The van der Waals surface area contributed by atoms with Crippen LogP contribution in [0, 0.1) is 5.92 Å². The average molecular weight is 353 g/mol. The molecule has 2 saturated heterocycles. The molecule has 2 aliphatic rings. The zero-order chi connectivity index (χ0) is 17.3. The second kappa shape index (κ2) is 6.98. The Kier molecular flexibility index (Phi) is 4.95. The number of amides is 3. The van der Waals surface area contributed by atoms with Gasteiger partial charge in [0, 0.05) is 25.6 Å². The van der Waals surface area contributed by atoms with Crippen LogP contribution < -0.4 is 5.32 Å². The van der Waals surface area contributed by atoms with E-state index in [4.69, 9.17) is 9.57 Å². The molecule has 3 amide bonds. The van der Waals surface area contributed by atoms with Crippen LogP contribution in [0.2, 0.25) is 0 Å². The molecule has 3 rings (SSSR count). The minimum Gasteiger partial charge on any atom is -0.383 e. The maximum absolute atomic E-state index is 12.4. The number of hydrogen-bond acceptors (Lipinski definition) is 7. The van der Waals surface area contributed by atoms with E-state index in [9.17, 15) is 14.4 Å². The fraction of sp³-hybridized carbons (Fsp3) is 0.533. The smallest absolute Gasteiger partial charge is 0.261 e. The lowest BCUT2D eigenvalue weighted by Crippen LogP contribution is -2.40. The molecule has 1 N–H and O–H groups in total. The number of likely N-dealkylation sites (tertiary alicyclic amines) is 1. The number of ether oxygens (including phenoxy) is 1. The van der Waals surface area contributed by atoms with Gasteiger partial charge in [-0.25, -0.2) is 0 Å². The summed E-state index contributed by atoms with van der Waals surface area (Å²) < 4.78 is 4.89. The van der Waals surface area contributed by atoms with Crippen LogP contribution in [0.25, 0.3) is 0 Å². The van der Waals surface area contributed by atoms with Crippen LogP contribution in [0.4, 0.5) is 0 Å². The van der Waals surface area contributed by atoms with Gasteiger partial charge in [0.25, 0.3) is 5.91 Å². The van der Waals surface area contributed by atoms with E-state index in [-0.39, 0.29) is 24.3 Å². The van der Waals surface area contributed by atoms with Crippen molar-refractivity contribution in [3.05, 3.63) is 22.4 Å². The largest absolute Gasteiger partial charge is 0.383 e. The van der Waals surface area contributed by atoms with Crippen molar-refractivity contribution in [2.75, 3.05) is 33.9 Å². The zero-order valence-corrected chi connectivity index (χ0v) is 14.2. The molecule has 0 aliphatic carbocycles. The first-order chi connectivity index (χ1) is 11.5. The molecule has 0 spiro atoms. The summed E-state index contributed by atoms with van der Waals surface area (Å²) in [5.74, 6) is -1.51. The Balaban J connectivity index is 1.78. The molecule has 0 aromatic carbocycles. The molecular weight excluding hydrogens is 334 g/mol. The summed E-state index contributed by atoms with van der Waals surface area (Å²) in [5, 5.41) is 6.05. The number of hydroxylamine groups is 2. The predicted octanol–water partition coefficient (Wildman–Crippen LogP) is -0.218. The number of hydrogen-bond donors (Lipinski definition) is 1. The first kappa shape index (κ1) is 17.0. The van der Waals surface area contributed by atoms with Crippen LogP contribution in [0.1, 0.15) is 10.9 Å². The highest BCUT2D eigenvalue weighted by Crippen LogP contribution is 2.45. The molecule has 3 atom stereocenters. The van der Waals surface area contributed by atoms with Crippen molar-refractivity contribution in [1.29, 1.82) is 0 Å². The van der Waals surface area contributed by atoms with E-state index < -0.39 is 18.1 Å². The maximum atomic E-state index is 12.4. The number of thiophene rings is 1. The van der Waals surface area contributed by atoms with Crippen LogP contribution in [0.5, 0.6) is 0 Å². The molecule has 8 nitrogen and oxygen atoms in total. The van der Waals surface area contributed by atoms with E-state index in [0.717, 1.165) is 9.78 Å². The Labute approximate surface area is 143 Å². The number of imide groups is 1. The Morgan fingerprint density at radius 3 is 2.88 bits per heavy atom. The van der Waals surface area contributed by atoms with Crippen molar-refractivity contribution in [3.63, 3.8) is 0 Å². The molecule has 24 heavy (non-hydrogen) atoms. The fourth-order valence-electron chi connectivity index (χ4n) is 3.01. The lowest BCUT2D eigenvalue weighted by atomic mass is 9.95. The van der Waals surface area contributed by atoms with Crippen molar-refractivity contribution in [2.24, 2.45) is 5.92 Å². The molecule has 1 aromatic heterocycles. The van der Waals surface area contributed by atoms with Gasteiger partial charge in [0.05, 0.1) is 18.6 Å². The topological polar surface area (TPSA) is 88.2 Å². The highest BCUT2D eigenvalue weighted by atomic mass is 32.1. The number of likely N-dealkylation sites (N-methyl/N-ethyl adjacent to an activating group) is 1. The summed E-state index contributed by atoms with van der Waals surface area (Å²) in [5.41, 5.74) is 0. The summed E-state index contributed by atoms with van der Waals surface area (Å²) >= 11 is 1.47. The predicted molar refractivity (Wildman–Crippen MR) is 84.8 cm³/mol. The van der Waals surface area contributed by atoms with Gasteiger partial charge < -0.3 is 10.1 Å². The van der Waals surface area contributed by atoms with E-state index in [1.165, 1.54) is 23.4 Å². The summed E-state index contributed by atoms with van der Waals surface area (Å²) in [7, 11) is 3.01. The molecule has 0 saturated carbocycles. The SMILES string of the molecule is COCCNC(=O)CN1OC2C(=O)N(C)C(=O)C2C1c1cccs1. The number of carbonyl (C=O) groups excluding carboxylic acids is 3. The maximum Gasteiger partial charge on any atom is 0.261 e. The molecule has 9 heteroatoms. The van der Waals surface area contributed by atoms with Gasteiger partial charge in [-0.1, -0.05) is 6.07 Å². The number of methoxy groups -OCH3 is 1. The highest BCUT2D eigenvalue weighted by molar-refractivity contribution is 7.10. The Hall–Kier alpha value is -1.81. The van der Waals surface area contributed by atoms with Gasteiger partial charge in [0.15, 0.2) is 6.10 Å². The molecule has 0 radical (unpaired) electrons. The quantitative estimate of drug-likeness (QED) is 0.562. The molecule has 2 aliphatic heterocycles. The molecule has 3 heterocycles. The number of carbonyl (C=O) groups is 3. The summed E-state index contributed by atoms with van der Waals surface area (Å²) in [4.78, 5) is 44.4. The van der Waals surface area contributed by atoms with Crippen LogP contribution in [-0.4, -0.2) is 67.6 Å². The average Bonchev–Trinajstić information content (AvgIpc) is 3.24. The Morgan fingerprint density at radius 2 is 2.21 bits per heavy atom. The number of rotatable bonds is 6. The van der Waals surface area contributed by atoms with E-state index in [1.807, 2.05) is 17.5 Å². The first-order valence-corrected chi connectivity index (χ1v) is 8.46. The number of nitrogens with one attached hydrogen (secondary N) is 1. The highest BCUT2D eigenvalue weighted by Gasteiger charge is 2.59. The zero-order valence-electron chi connectivity index (χ0n) is 13.4. The van der Waals surface area contributed by atoms with Gasteiger partial charge in [-0.15, -0.1) is 11.3 Å². The second-order valence-corrected chi connectivity index (χ2v) is 6.64. The van der Waals surface area contributed by atoms with Crippen LogP contribution in [0.15, 0.2) is 17.5 Å². The molecule has 0 bridgehead atoms. The third kappa shape index (κ3) is 2.95. The van der Waals surface area contributed by atoms with Gasteiger partial charge >= 0.3 is 0 Å². The van der Waals surface area contributed by atoms with Crippen molar-refractivity contribution in [3.8, 4) is 0 Å². The number of nitrogens with zero attached hydrogens (tertiary/aromatic N) is 2. The van der Waals surface area contributed by atoms with Crippen molar-refractivity contribution in [1.82, 2.24) is 15.3 Å². The summed E-state index contributed by atoms with van der Waals surface area (Å²) in [6.45, 7) is 0.748. The first-order valence-electron chi connectivity index (χ1n) is 7.58. The number of fused-ring (bicyclic) bond motifs is 1. The molecule has 1 aromatic rings. The van der Waals surface area contributed by atoms with Crippen LogP contribution >= 0.6 is 11.3 Å². The standard InChI is InChI=1S/C15H19N3O5S/c1-17-14(20)11-12(9-4-3-7-24-9)18(23-13(11)15(17)21)8-10(19)16-5-6-22-2/h3-4,7,11-13H,5-6,8H2,1-2H3,(H,16,19). The van der Waals surface area contributed by atoms with Gasteiger partial charge in [0.2, 0.25) is 11.8 Å². The van der Waals surface area contributed by atoms with Gasteiger partial charge in [0.1, 0.15) is 6.54 Å². The summed E-state index contributed by atoms with van der Waals surface area (Å²) in [6, 6.07) is 3.31. The third-order valence-electron chi connectivity index (χ3n) is 4.18. The second-order valence-electron chi connectivity index (χ2n) is 5.67. The lowest BCUT2D eigenvalue weighted by molar-refractivity contribution is -0.181. The van der Waals surface area contributed by atoms with Crippen molar-refractivity contribution in [2.45, 2.75) is 12.1 Å². The van der Waals surface area contributed by atoms with Crippen molar-refractivity contribution >= 4 is 29.1 Å². The minimum absolute atomic E-state index is 0.0520. The monoisotopic (exact) mass is 353 g/mol. The van der Waals surface area contributed by atoms with Gasteiger partial charge in [-0.3, -0.25) is 24.1 Å². The molecule has 3 unspecified atom stereocenters. The molecular formula is C15H19N3O5S. The lowest BCUT2D eigenvalue weighted by Gasteiger charge is -2.24. The Bertz CT molecular complexity index is 635. The van der Waals surface area contributed by atoms with E-state index in [0.29, 0.717) is 13.2 Å². The minimum atomic E-state index is -0.860.